The Labute approximate surface area is 169 Å². The molecule has 2 aromatic rings. The minimum Gasteiger partial charge on any atom is -0.321 e. The van der Waals surface area contributed by atoms with Gasteiger partial charge in [0.2, 0.25) is 15.9 Å². The highest BCUT2D eigenvalue weighted by Crippen LogP contribution is 2.29. The number of benzene rings is 3. The van der Waals surface area contributed by atoms with E-state index in [1.54, 1.807) is 30.3 Å². The Kier molecular flexibility index (Phi) is 5.88. The lowest BCUT2D eigenvalue weighted by atomic mass is 9.95. The average molecular weight is 403 g/mol. The maximum absolute atomic E-state index is 11.9. The number of hydrogen-bond donors (Lipinski definition) is 2. The van der Waals surface area contributed by atoms with Gasteiger partial charge < -0.3 is 5.32 Å². The first-order valence-electron chi connectivity index (χ1n) is 8.59. The first-order valence-corrected chi connectivity index (χ1v) is 10.1. The van der Waals surface area contributed by atoms with E-state index in [-0.39, 0.29) is 10.6 Å². The molecule has 0 heterocycles. The predicted octanol–water partition coefficient (Wildman–Crippen LogP) is 3.52. The molecule has 0 aromatic heterocycles. The molecular weight excluding hydrogens is 386 g/mol. The fraction of sp³-hybridized carbons (Fsp3) is 0. The molecule has 7 heteroatoms. The molecule has 0 unspecified atom stereocenters. The van der Waals surface area contributed by atoms with Crippen LogP contribution in [0.3, 0.4) is 0 Å². The Bertz CT molecular complexity index is 1200. The number of nitrogens with zero attached hydrogens (tertiary/aromatic N) is 1. The topological polar surface area (TPSA) is 113 Å². The summed E-state index contributed by atoms with van der Waals surface area (Å²) < 4.78 is 22.9. The summed E-state index contributed by atoms with van der Waals surface area (Å²) in [4.78, 5) is 11.8. The highest BCUT2D eigenvalue weighted by atomic mass is 32.2. The lowest BCUT2D eigenvalue weighted by Crippen LogP contribution is -2.17. The third-order valence-electron chi connectivity index (χ3n) is 4.17. The summed E-state index contributed by atoms with van der Waals surface area (Å²) in [6.07, 6.45) is 2.70. The van der Waals surface area contributed by atoms with Gasteiger partial charge in [-0.05, 0) is 41.0 Å². The highest BCUT2D eigenvalue weighted by Gasteiger charge is 2.14. The molecule has 29 heavy (non-hydrogen) atoms. The number of fused-ring (bicyclic) bond motifs is 1. The molecule has 4 rings (SSSR count). The molecule has 0 saturated heterocycles. The van der Waals surface area contributed by atoms with Crippen LogP contribution in [0, 0.1) is 11.3 Å². The Hall–Kier alpha value is -3.73. The summed E-state index contributed by atoms with van der Waals surface area (Å²) in [7, 11) is -3.94. The summed E-state index contributed by atoms with van der Waals surface area (Å²) in [5, 5.41) is 16.5. The van der Waals surface area contributed by atoms with Crippen LogP contribution in [-0.4, -0.2) is 14.3 Å². The van der Waals surface area contributed by atoms with E-state index in [1.807, 2.05) is 6.07 Å². The zero-order chi connectivity index (χ0) is 20.9. The van der Waals surface area contributed by atoms with Crippen molar-refractivity contribution in [3.05, 3.63) is 90.0 Å². The fourth-order valence-corrected chi connectivity index (χ4v) is 3.26. The Morgan fingerprint density at radius 3 is 2.07 bits per heavy atom. The van der Waals surface area contributed by atoms with Crippen LogP contribution in [-0.2, 0) is 14.8 Å². The van der Waals surface area contributed by atoms with E-state index in [4.69, 9.17) is 10.4 Å². The Morgan fingerprint density at radius 2 is 1.52 bits per heavy atom. The van der Waals surface area contributed by atoms with Crippen molar-refractivity contribution < 1.29 is 13.2 Å². The number of amides is 1. The SMILES string of the molecule is N#Cc1ccccc1C=CC(=O)Nc1ccccc1S(N)(=O)=O.c1cc2ccc1-2. The standard InChI is InChI=1S/C16H13N3O3S.C6H4/c17-11-13-6-2-1-5-12(13)9-10-16(20)19-14-7-3-4-8-15(14)23(18,21)22;1-2-6-4-3-5(1)6/h1-10H,(H,19,20)(H2,18,21,22);1-4H. The van der Waals surface area contributed by atoms with Gasteiger partial charge in [0.15, 0.2) is 0 Å². The van der Waals surface area contributed by atoms with Crippen molar-refractivity contribution in [1.82, 2.24) is 0 Å². The van der Waals surface area contributed by atoms with Gasteiger partial charge >= 0.3 is 0 Å². The lowest BCUT2D eigenvalue weighted by Gasteiger charge is -2.10. The zero-order valence-corrected chi connectivity index (χ0v) is 16.1. The number of para-hydroxylation sites is 1. The number of hydrogen-bond acceptors (Lipinski definition) is 4. The molecule has 0 aliphatic heterocycles. The van der Waals surface area contributed by atoms with Gasteiger partial charge in [-0.25, -0.2) is 13.6 Å². The zero-order valence-electron chi connectivity index (χ0n) is 15.2. The number of anilines is 1. The molecule has 0 saturated carbocycles. The number of nitriles is 1. The average Bonchev–Trinajstić information content (AvgIpc) is 2.69. The number of nitrogens with two attached hydrogens (primary N) is 1. The van der Waals surface area contributed by atoms with E-state index in [1.165, 1.54) is 41.5 Å². The van der Waals surface area contributed by atoms with Gasteiger partial charge in [0.1, 0.15) is 4.90 Å². The highest BCUT2D eigenvalue weighted by molar-refractivity contribution is 7.89. The molecule has 0 radical (unpaired) electrons. The first-order chi connectivity index (χ1) is 13.9. The van der Waals surface area contributed by atoms with E-state index in [0.717, 1.165) is 0 Å². The second kappa shape index (κ2) is 8.52. The van der Waals surface area contributed by atoms with Gasteiger partial charge in [-0.3, -0.25) is 4.79 Å². The quantitative estimate of drug-likeness (QED) is 0.508. The summed E-state index contributed by atoms with van der Waals surface area (Å²) in [5.74, 6) is -0.533. The second-order valence-corrected chi connectivity index (χ2v) is 7.67. The summed E-state index contributed by atoms with van der Waals surface area (Å²) in [6, 6.07) is 23.1. The summed E-state index contributed by atoms with van der Waals surface area (Å²) in [5.41, 5.74) is 3.97. The Morgan fingerprint density at radius 1 is 0.931 bits per heavy atom. The molecule has 2 aliphatic rings. The van der Waals surface area contributed by atoms with Gasteiger partial charge in [-0.1, -0.05) is 54.6 Å². The van der Waals surface area contributed by atoms with Crippen molar-refractivity contribution in [3.8, 4) is 17.2 Å². The molecule has 2 aromatic carbocycles. The van der Waals surface area contributed by atoms with E-state index in [0.29, 0.717) is 11.1 Å². The summed E-state index contributed by atoms with van der Waals surface area (Å²) in [6.45, 7) is 0. The summed E-state index contributed by atoms with van der Waals surface area (Å²) >= 11 is 0. The maximum atomic E-state index is 11.9. The Balaban J connectivity index is 0.000000334. The van der Waals surface area contributed by atoms with Crippen LogP contribution in [0.5, 0.6) is 0 Å². The van der Waals surface area contributed by atoms with E-state index in [2.05, 4.69) is 29.6 Å². The molecule has 1 amide bonds. The van der Waals surface area contributed by atoms with Gasteiger partial charge in [-0.2, -0.15) is 5.26 Å². The molecular formula is C22H17N3O3S. The minimum atomic E-state index is -3.94. The molecule has 0 bridgehead atoms. The smallest absolute Gasteiger partial charge is 0.248 e. The number of carbonyl (C=O) groups excluding carboxylic acids is 1. The second-order valence-electron chi connectivity index (χ2n) is 6.14. The molecule has 0 spiro atoms. The van der Waals surface area contributed by atoms with Crippen LogP contribution in [0.4, 0.5) is 5.69 Å². The van der Waals surface area contributed by atoms with E-state index >= 15 is 0 Å². The minimum absolute atomic E-state index is 0.0956. The van der Waals surface area contributed by atoms with Gasteiger partial charge in [0.05, 0.1) is 17.3 Å². The molecule has 144 valence electrons. The number of carbonyl (C=O) groups is 1. The normalized spacial score (nSPS) is 11.2. The van der Waals surface area contributed by atoms with Crippen molar-refractivity contribution in [2.24, 2.45) is 5.14 Å². The molecule has 3 N–H and O–H groups in total. The van der Waals surface area contributed by atoms with Crippen LogP contribution < -0.4 is 10.5 Å². The third kappa shape index (κ3) is 4.96. The number of sulfonamides is 1. The van der Waals surface area contributed by atoms with Gasteiger partial charge in [0, 0.05) is 6.08 Å². The van der Waals surface area contributed by atoms with Crippen molar-refractivity contribution in [2.45, 2.75) is 4.90 Å². The van der Waals surface area contributed by atoms with E-state index in [9.17, 15) is 13.2 Å². The number of nitrogens with one attached hydrogen (secondary N) is 1. The largest absolute Gasteiger partial charge is 0.321 e. The number of rotatable bonds is 4. The molecule has 0 fully saturated rings. The van der Waals surface area contributed by atoms with Gasteiger partial charge in [-0.15, -0.1) is 0 Å². The van der Waals surface area contributed by atoms with Crippen LogP contribution in [0.25, 0.3) is 17.2 Å². The van der Waals surface area contributed by atoms with Crippen LogP contribution in [0.2, 0.25) is 0 Å². The van der Waals surface area contributed by atoms with E-state index < -0.39 is 15.9 Å². The first kappa shape index (κ1) is 20.0. The predicted molar refractivity (Wildman–Crippen MR) is 112 cm³/mol. The lowest BCUT2D eigenvalue weighted by molar-refractivity contribution is -0.111. The molecule has 6 nitrogen and oxygen atoms in total. The maximum Gasteiger partial charge on any atom is 0.248 e. The third-order valence-corrected chi connectivity index (χ3v) is 5.13. The number of primary sulfonamides is 1. The molecule has 0 atom stereocenters. The van der Waals surface area contributed by atoms with Crippen LogP contribution in [0.15, 0.2) is 83.8 Å². The molecule has 2 aliphatic carbocycles. The van der Waals surface area contributed by atoms with Crippen molar-refractivity contribution in [2.75, 3.05) is 5.32 Å². The van der Waals surface area contributed by atoms with Crippen molar-refractivity contribution >= 4 is 27.7 Å². The van der Waals surface area contributed by atoms with Gasteiger partial charge in [0.25, 0.3) is 0 Å². The van der Waals surface area contributed by atoms with Crippen molar-refractivity contribution in [1.29, 1.82) is 5.26 Å². The van der Waals surface area contributed by atoms with Crippen LogP contribution >= 0.6 is 0 Å². The van der Waals surface area contributed by atoms with Crippen molar-refractivity contribution in [3.63, 3.8) is 0 Å². The fourth-order valence-electron chi connectivity index (χ4n) is 2.56. The monoisotopic (exact) mass is 403 g/mol. The van der Waals surface area contributed by atoms with Crippen LogP contribution in [0.1, 0.15) is 11.1 Å².